The summed E-state index contributed by atoms with van der Waals surface area (Å²) >= 11 is 1.80. The maximum atomic E-state index is 13.8. The van der Waals surface area contributed by atoms with E-state index >= 15 is 0 Å². The van der Waals surface area contributed by atoms with Crippen molar-refractivity contribution in [1.82, 2.24) is 24.7 Å². The molecule has 0 bridgehead atoms. The Labute approximate surface area is 277 Å². The van der Waals surface area contributed by atoms with Crippen molar-refractivity contribution >= 4 is 45.8 Å². The van der Waals surface area contributed by atoms with E-state index in [1.165, 1.54) is 12.2 Å². The summed E-state index contributed by atoms with van der Waals surface area (Å²) in [5.74, 6) is -5.05. The van der Waals surface area contributed by atoms with Crippen LogP contribution in [0.25, 0.3) is 21.1 Å². The standard InChI is InChI=1S/C33H21F4N5O4S2/c1-40(24-2-4-41(24)20-12-22(43)26-30(28(20)45)47-32(38-26)14-6-16(34)10-17(35)7-14)25-3-5-42(25)21-13-23(44)27-31(29(21)46)48-33(39-27)15-8-18(36)11-19(37)9-15/h6-13,24-25H,2-5H2,1H3. The van der Waals surface area contributed by atoms with Gasteiger partial charge in [-0.25, -0.2) is 27.5 Å². The molecule has 0 N–H and O–H groups in total. The Bertz CT molecular complexity index is 2000. The molecule has 4 aliphatic rings. The third kappa shape index (κ3) is 4.83. The van der Waals surface area contributed by atoms with Crippen LogP contribution in [0.1, 0.15) is 53.2 Å². The van der Waals surface area contributed by atoms with Gasteiger partial charge in [0.2, 0.25) is 23.1 Å². The van der Waals surface area contributed by atoms with Crippen LogP contribution in [0.2, 0.25) is 0 Å². The molecule has 4 heterocycles. The zero-order valence-electron chi connectivity index (χ0n) is 24.8. The van der Waals surface area contributed by atoms with Crippen LogP contribution in [-0.4, -0.2) is 80.3 Å². The molecule has 0 radical (unpaired) electrons. The van der Waals surface area contributed by atoms with Crippen LogP contribution in [-0.2, 0) is 0 Å². The molecule has 2 atom stereocenters. The average Bonchev–Trinajstić information content (AvgIpc) is 3.63. The molecule has 0 amide bonds. The van der Waals surface area contributed by atoms with E-state index in [0.29, 0.717) is 25.9 Å². The van der Waals surface area contributed by atoms with Crippen molar-refractivity contribution in [1.29, 1.82) is 0 Å². The fraction of sp³-hybridized carbons (Fsp3) is 0.212. The number of allylic oxidation sites excluding steroid dienone is 4. The van der Waals surface area contributed by atoms with E-state index in [4.69, 9.17) is 0 Å². The van der Waals surface area contributed by atoms with Gasteiger partial charge in [-0.2, -0.15) is 0 Å². The number of fused-ring (bicyclic) bond motifs is 2. The Kier molecular flexibility index (Phi) is 7.05. The van der Waals surface area contributed by atoms with Crippen molar-refractivity contribution in [3.63, 3.8) is 0 Å². The molecular formula is C33H21F4N5O4S2. The Morgan fingerprint density at radius 3 is 1.35 bits per heavy atom. The summed E-state index contributed by atoms with van der Waals surface area (Å²) in [5.41, 5.74) is 0.473. The molecule has 48 heavy (non-hydrogen) atoms. The van der Waals surface area contributed by atoms with E-state index < -0.39 is 46.4 Å². The largest absolute Gasteiger partial charge is 0.352 e. The lowest BCUT2D eigenvalue weighted by atomic mass is 9.96. The first-order valence-electron chi connectivity index (χ1n) is 14.8. The van der Waals surface area contributed by atoms with Crippen molar-refractivity contribution in [3.05, 3.63) is 104 Å². The maximum Gasteiger partial charge on any atom is 0.221 e. The summed E-state index contributed by atoms with van der Waals surface area (Å²) in [5, 5.41) is 0.299. The predicted molar refractivity (Wildman–Crippen MR) is 166 cm³/mol. The fourth-order valence-corrected chi connectivity index (χ4v) is 8.43. The number of carbonyl (C=O) groups excluding carboxylic acids is 4. The number of carbonyl (C=O) groups is 4. The van der Waals surface area contributed by atoms with E-state index in [9.17, 15) is 36.7 Å². The number of likely N-dealkylation sites (tertiary alicyclic amines) is 2. The molecule has 9 nitrogen and oxygen atoms in total. The Balaban J connectivity index is 1.01. The second kappa shape index (κ2) is 11.1. The minimum atomic E-state index is -0.806. The molecular weight excluding hydrogens is 671 g/mol. The van der Waals surface area contributed by atoms with Gasteiger partial charge in [-0.3, -0.25) is 24.1 Å². The molecule has 0 spiro atoms. The van der Waals surface area contributed by atoms with Crippen molar-refractivity contribution < 1.29 is 36.7 Å². The fourth-order valence-electron chi connectivity index (χ4n) is 6.41. The van der Waals surface area contributed by atoms with Gasteiger partial charge in [0.25, 0.3) is 0 Å². The highest BCUT2D eigenvalue weighted by Gasteiger charge is 2.46. The van der Waals surface area contributed by atoms with Gasteiger partial charge in [0.1, 0.15) is 54.4 Å². The number of hydrogen-bond acceptors (Lipinski definition) is 11. The predicted octanol–water partition coefficient (Wildman–Crippen LogP) is 5.71. The van der Waals surface area contributed by atoms with Crippen LogP contribution in [0.5, 0.6) is 0 Å². The summed E-state index contributed by atoms with van der Waals surface area (Å²) in [6, 6.07) is 5.79. The van der Waals surface area contributed by atoms with Gasteiger partial charge in [0.15, 0.2) is 0 Å². The number of rotatable bonds is 6. The van der Waals surface area contributed by atoms with E-state index in [-0.39, 0.29) is 66.0 Å². The molecule has 8 rings (SSSR count). The molecule has 2 aliphatic heterocycles. The number of aromatic nitrogens is 2. The number of halogens is 4. The second-order valence-corrected chi connectivity index (χ2v) is 13.7. The SMILES string of the molecule is CN(C1CCN1C1=CC(=O)c2nc(-c3cc(F)cc(F)c3)sc2C1=O)C1CCN1C1=CC(=O)c2nc(-c3cc(F)cc(F)c3)sc2C1=O. The van der Waals surface area contributed by atoms with Gasteiger partial charge in [-0.05, 0) is 44.2 Å². The zero-order chi connectivity index (χ0) is 33.6. The summed E-state index contributed by atoms with van der Waals surface area (Å²) in [4.78, 5) is 67.7. The lowest BCUT2D eigenvalue weighted by Gasteiger charge is -2.56. The Hall–Kier alpha value is -4.86. The summed E-state index contributed by atoms with van der Waals surface area (Å²) < 4.78 is 55.4. The molecule has 4 aromatic rings. The number of thiazole rings is 2. The molecule has 15 heteroatoms. The minimum Gasteiger partial charge on any atom is -0.352 e. The Morgan fingerprint density at radius 2 is 1.02 bits per heavy atom. The number of benzene rings is 2. The van der Waals surface area contributed by atoms with Gasteiger partial charge in [0, 0.05) is 48.5 Å². The van der Waals surface area contributed by atoms with Crippen LogP contribution in [0.15, 0.2) is 59.9 Å². The first kappa shape index (κ1) is 30.5. The van der Waals surface area contributed by atoms with Gasteiger partial charge in [-0.1, -0.05) is 0 Å². The van der Waals surface area contributed by atoms with Crippen LogP contribution < -0.4 is 0 Å². The summed E-state index contributed by atoms with van der Waals surface area (Å²) in [7, 11) is 1.84. The minimum absolute atomic E-state index is 0.0652. The van der Waals surface area contributed by atoms with Crippen LogP contribution >= 0.6 is 22.7 Å². The second-order valence-electron chi connectivity index (χ2n) is 11.7. The topological polar surface area (TPSA) is 104 Å². The molecule has 2 unspecified atom stereocenters. The number of hydrogen-bond donors (Lipinski definition) is 0. The molecule has 2 saturated heterocycles. The van der Waals surface area contributed by atoms with E-state index in [2.05, 4.69) is 9.97 Å². The molecule has 2 aliphatic carbocycles. The van der Waals surface area contributed by atoms with Crippen LogP contribution in [0.4, 0.5) is 17.6 Å². The quantitative estimate of drug-likeness (QED) is 0.235. The maximum absolute atomic E-state index is 13.8. The third-order valence-corrected chi connectivity index (χ3v) is 11.1. The summed E-state index contributed by atoms with van der Waals surface area (Å²) in [6.45, 7) is 0.965. The van der Waals surface area contributed by atoms with E-state index in [1.807, 2.05) is 11.9 Å². The summed E-state index contributed by atoms with van der Waals surface area (Å²) in [6.07, 6.45) is 3.16. The highest BCUT2D eigenvalue weighted by molar-refractivity contribution is 7.18. The van der Waals surface area contributed by atoms with Gasteiger partial charge < -0.3 is 9.80 Å². The highest BCUT2D eigenvalue weighted by Crippen LogP contribution is 2.40. The first-order valence-corrected chi connectivity index (χ1v) is 16.4. The smallest absolute Gasteiger partial charge is 0.221 e. The number of Topliss-reactive ketones (excluding diaryl/α,β-unsaturated/α-hetero) is 2. The van der Waals surface area contributed by atoms with Crippen LogP contribution in [0, 0.1) is 23.3 Å². The first-order chi connectivity index (χ1) is 23.0. The molecule has 2 fully saturated rings. The lowest BCUT2D eigenvalue weighted by Crippen LogP contribution is -2.66. The average molecular weight is 692 g/mol. The molecule has 2 aromatic carbocycles. The van der Waals surface area contributed by atoms with Gasteiger partial charge in [0.05, 0.1) is 23.7 Å². The number of ketones is 4. The number of nitrogens with zero attached hydrogens (tertiary/aromatic N) is 5. The van der Waals surface area contributed by atoms with Gasteiger partial charge in [-0.15, -0.1) is 22.7 Å². The molecule has 242 valence electrons. The normalized spacial score (nSPS) is 20.4. The molecule has 0 saturated carbocycles. The third-order valence-electron chi connectivity index (χ3n) is 8.89. The zero-order valence-corrected chi connectivity index (χ0v) is 26.4. The van der Waals surface area contributed by atoms with Crippen molar-refractivity contribution in [3.8, 4) is 21.1 Å². The van der Waals surface area contributed by atoms with Crippen molar-refractivity contribution in [2.24, 2.45) is 0 Å². The lowest BCUT2D eigenvalue weighted by molar-refractivity contribution is -0.0902. The Morgan fingerprint density at radius 1 is 0.646 bits per heavy atom. The van der Waals surface area contributed by atoms with Crippen molar-refractivity contribution in [2.45, 2.75) is 25.2 Å². The monoisotopic (exact) mass is 691 g/mol. The highest BCUT2D eigenvalue weighted by atomic mass is 32.1. The van der Waals surface area contributed by atoms with E-state index in [0.717, 1.165) is 59.1 Å². The van der Waals surface area contributed by atoms with Crippen LogP contribution in [0.3, 0.4) is 0 Å². The molecule has 2 aromatic heterocycles. The van der Waals surface area contributed by atoms with E-state index in [1.54, 1.807) is 9.80 Å². The van der Waals surface area contributed by atoms with Gasteiger partial charge >= 0.3 is 0 Å². The van der Waals surface area contributed by atoms with Crippen molar-refractivity contribution in [2.75, 3.05) is 20.1 Å².